The smallest absolute Gasteiger partial charge is 0.281 e. The number of methoxy groups -OCH3 is 1. The Kier molecular flexibility index (Phi) is 3.95. The van der Waals surface area contributed by atoms with Crippen LogP contribution in [0.1, 0.15) is 17.2 Å². The van der Waals surface area contributed by atoms with Gasteiger partial charge in [0, 0.05) is 58.5 Å². The molecular formula is C11H20N4O3S. The van der Waals surface area contributed by atoms with Gasteiger partial charge in [-0.2, -0.15) is 22.1 Å². The molecule has 0 radical (unpaired) electrons. The van der Waals surface area contributed by atoms with Gasteiger partial charge in [0.15, 0.2) is 0 Å². The Hall–Kier alpha value is -0.960. The lowest BCUT2D eigenvalue weighted by Gasteiger charge is -2.33. The van der Waals surface area contributed by atoms with E-state index in [2.05, 4.69) is 5.10 Å². The van der Waals surface area contributed by atoms with Crippen LogP contribution in [0.2, 0.25) is 0 Å². The SMILES string of the molecule is COCC1CN(S(=O)(=O)N(C)C)Cc2cnn(C)c21. The summed E-state index contributed by atoms with van der Waals surface area (Å²) >= 11 is 0. The molecule has 0 spiro atoms. The van der Waals surface area contributed by atoms with Crippen molar-refractivity contribution in [2.45, 2.75) is 12.5 Å². The fourth-order valence-corrected chi connectivity index (χ4v) is 3.60. The Morgan fingerprint density at radius 2 is 2.21 bits per heavy atom. The topological polar surface area (TPSA) is 67.7 Å². The van der Waals surface area contributed by atoms with Crippen molar-refractivity contribution in [2.75, 3.05) is 34.4 Å². The molecule has 0 saturated carbocycles. The third-order valence-corrected chi connectivity index (χ3v) is 5.23. The molecule has 0 saturated heterocycles. The predicted octanol–water partition coefficient (Wildman–Crippen LogP) is -0.228. The van der Waals surface area contributed by atoms with Crippen LogP contribution in [0.5, 0.6) is 0 Å². The highest BCUT2D eigenvalue weighted by Crippen LogP contribution is 2.30. The standard InChI is InChI=1S/C11H20N4O3S/c1-13(2)19(16,17)15-6-9-5-12-14(3)11(9)10(7-15)8-18-4/h5,10H,6-8H2,1-4H3. The molecule has 0 fully saturated rings. The molecule has 8 heteroatoms. The molecule has 1 atom stereocenters. The molecule has 19 heavy (non-hydrogen) atoms. The zero-order valence-electron chi connectivity index (χ0n) is 11.7. The third kappa shape index (κ3) is 2.53. The van der Waals surface area contributed by atoms with Gasteiger partial charge in [0.2, 0.25) is 0 Å². The first kappa shape index (κ1) is 14.4. The summed E-state index contributed by atoms with van der Waals surface area (Å²) in [5.74, 6) is 0.0102. The summed E-state index contributed by atoms with van der Waals surface area (Å²) in [6, 6.07) is 0. The maximum Gasteiger partial charge on any atom is 0.281 e. The van der Waals surface area contributed by atoms with Gasteiger partial charge in [-0.3, -0.25) is 4.68 Å². The lowest BCUT2D eigenvalue weighted by atomic mass is 9.99. The number of hydrogen-bond donors (Lipinski definition) is 0. The van der Waals surface area contributed by atoms with Gasteiger partial charge in [0.1, 0.15) is 0 Å². The third-order valence-electron chi connectivity index (χ3n) is 3.38. The van der Waals surface area contributed by atoms with Gasteiger partial charge in [-0.15, -0.1) is 0 Å². The Morgan fingerprint density at radius 3 is 2.79 bits per heavy atom. The number of rotatable bonds is 4. The summed E-state index contributed by atoms with van der Waals surface area (Å²) in [7, 11) is 3.16. The second-order valence-electron chi connectivity index (χ2n) is 4.91. The minimum atomic E-state index is -3.41. The highest BCUT2D eigenvalue weighted by atomic mass is 32.2. The molecule has 1 aromatic heterocycles. The van der Waals surface area contributed by atoms with Gasteiger partial charge in [0.25, 0.3) is 10.2 Å². The fraction of sp³-hybridized carbons (Fsp3) is 0.727. The molecule has 0 N–H and O–H groups in total. The number of hydrogen-bond acceptors (Lipinski definition) is 4. The zero-order valence-corrected chi connectivity index (χ0v) is 12.5. The van der Waals surface area contributed by atoms with Crippen molar-refractivity contribution in [3.8, 4) is 0 Å². The van der Waals surface area contributed by atoms with Crippen molar-refractivity contribution in [2.24, 2.45) is 7.05 Å². The van der Waals surface area contributed by atoms with Gasteiger partial charge in [0.05, 0.1) is 12.8 Å². The predicted molar refractivity (Wildman–Crippen MR) is 70.8 cm³/mol. The van der Waals surface area contributed by atoms with E-state index in [1.165, 1.54) is 8.61 Å². The minimum Gasteiger partial charge on any atom is -0.384 e. The molecule has 0 bridgehead atoms. The minimum absolute atomic E-state index is 0.0102. The lowest BCUT2D eigenvalue weighted by Crippen LogP contribution is -2.45. The van der Waals surface area contributed by atoms with E-state index in [4.69, 9.17) is 4.74 Å². The van der Waals surface area contributed by atoms with Crippen LogP contribution in [0.15, 0.2) is 6.20 Å². The molecule has 7 nitrogen and oxygen atoms in total. The van der Waals surface area contributed by atoms with E-state index >= 15 is 0 Å². The van der Waals surface area contributed by atoms with Crippen molar-refractivity contribution >= 4 is 10.2 Å². The number of aryl methyl sites for hydroxylation is 1. The van der Waals surface area contributed by atoms with E-state index in [0.29, 0.717) is 19.7 Å². The molecular weight excluding hydrogens is 268 g/mol. The number of fused-ring (bicyclic) bond motifs is 1. The van der Waals surface area contributed by atoms with E-state index in [9.17, 15) is 8.42 Å². The van der Waals surface area contributed by atoms with Gasteiger partial charge >= 0.3 is 0 Å². The van der Waals surface area contributed by atoms with Crippen molar-refractivity contribution in [1.82, 2.24) is 18.4 Å². The van der Waals surface area contributed by atoms with Crippen LogP contribution < -0.4 is 0 Å². The maximum absolute atomic E-state index is 12.2. The van der Waals surface area contributed by atoms with Gasteiger partial charge < -0.3 is 4.74 Å². The molecule has 0 amide bonds. The summed E-state index contributed by atoms with van der Waals surface area (Å²) in [6.07, 6.45) is 1.73. The zero-order chi connectivity index (χ0) is 14.2. The molecule has 0 aromatic carbocycles. The second-order valence-corrected chi connectivity index (χ2v) is 7.06. The summed E-state index contributed by atoms with van der Waals surface area (Å²) in [5.41, 5.74) is 2.01. The maximum atomic E-state index is 12.2. The van der Waals surface area contributed by atoms with E-state index in [-0.39, 0.29) is 5.92 Å². The summed E-state index contributed by atoms with van der Waals surface area (Å²) < 4.78 is 34.2. The highest BCUT2D eigenvalue weighted by molar-refractivity contribution is 7.86. The average molecular weight is 288 g/mol. The molecule has 0 aliphatic carbocycles. The molecule has 1 aliphatic rings. The molecule has 1 aliphatic heterocycles. The first-order chi connectivity index (χ1) is 8.87. The van der Waals surface area contributed by atoms with Crippen molar-refractivity contribution in [3.63, 3.8) is 0 Å². The summed E-state index contributed by atoms with van der Waals surface area (Å²) in [6.45, 7) is 1.26. The first-order valence-electron chi connectivity index (χ1n) is 6.05. The van der Waals surface area contributed by atoms with Crippen LogP contribution in [0.4, 0.5) is 0 Å². The largest absolute Gasteiger partial charge is 0.384 e. The average Bonchev–Trinajstić information content (AvgIpc) is 2.71. The van der Waals surface area contributed by atoms with Crippen LogP contribution in [0, 0.1) is 0 Å². The van der Waals surface area contributed by atoms with Crippen molar-refractivity contribution < 1.29 is 13.2 Å². The van der Waals surface area contributed by atoms with Crippen LogP contribution in [0.3, 0.4) is 0 Å². The lowest BCUT2D eigenvalue weighted by molar-refractivity contribution is 0.158. The Bertz CT molecular complexity index is 552. The number of nitrogens with zero attached hydrogens (tertiary/aromatic N) is 4. The molecule has 2 heterocycles. The Balaban J connectivity index is 2.36. The van der Waals surface area contributed by atoms with E-state index < -0.39 is 10.2 Å². The van der Waals surface area contributed by atoms with Crippen LogP contribution in [0.25, 0.3) is 0 Å². The second kappa shape index (κ2) is 5.20. The fourth-order valence-electron chi connectivity index (χ4n) is 2.47. The highest BCUT2D eigenvalue weighted by Gasteiger charge is 2.35. The van der Waals surface area contributed by atoms with E-state index in [1.54, 1.807) is 32.1 Å². The Labute approximate surface area is 113 Å². The first-order valence-corrected chi connectivity index (χ1v) is 7.45. The monoisotopic (exact) mass is 288 g/mol. The molecule has 1 unspecified atom stereocenters. The molecule has 108 valence electrons. The van der Waals surface area contributed by atoms with E-state index in [1.807, 2.05) is 7.05 Å². The van der Waals surface area contributed by atoms with Crippen LogP contribution in [-0.4, -0.2) is 61.2 Å². The summed E-state index contributed by atoms with van der Waals surface area (Å²) in [5, 5.41) is 4.22. The quantitative estimate of drug-likeness (QED) is 0.768. The van der Waals surface area contributed by atoms with Crippen molar-refractivity contribution in [3.05, 3.63) is 17.5 Å². The van der Waals surface area contributed by atoms with Crippen LogP contribution >= 0.6 is 0 Å². The van der Waals surface area contributed by atoms with Crippen molar-refractivity contribution in [1.29, 1.82) is 0 Å². The van der Waals surface area contributed by atoms with Gasteiger partial charge in [-0.1, -0.05) is 0 Å². The molecule has 2 rings (SSSR count). The molecule has 1 aromatic rings. The number of aromatic nitrogens is 2. The van der Waals surface area contributed by atoms with E-state index in [0.717, 1.165) is 11.3 Å². The van der Waals surface area contributed by atoms with Crippen LogP contribution in [-0.2, 0) is 28.5 Å². The van der Waals surface area contributed by atoms with Gasteiger partial charge in [-0.05, 0) is 0 Å². The Morgan fingerprint density at radius 1 is 1.53 bits per heavy atom. The van der Waals surface area contributed by atoms with Gasteiger partial charge in [-0.25, -0.2) is 0 Å². The normalized spacial score (nSPS) is 20.8. The summed E-state index contributed by atoms with van der Waals surface area (Å²) in [4.78, 5) is 0. The number of ether oxygens (including phenoxy) is 1.